The number of ether oxygens (including phenoxy) is 1. The van der Waals surface area contributed by atoms with Crippen molar-refractivity contribution in [3.8, 4) is 5.75 Å². The summed E-state index contributed by atoms with van der Waals surface area (Å²) >= 11 is 0. The summed E-state index contributed by atoms with van der Waals surface area (Å²) in [5.74, 6) is -2.66. The van der Waals surface area contributed by atoms with Crippen molar-refractivity contribution in [2.75, 3.05) is 13.7 Å². The molecule has 0 unspecified atom stereocenters. The molecule has 2 nitrogen and oxygen atoms in total. The van der Waals surface area contributed by atoms with Gasteiger partial charge in [0.2, 0.25) is 0 Å². The van der Waals surface area contributed by atoms with Gasteiger partial charge in [-0.1, -0.05) is 6.07 Å². The van der Waals surface area contributed by atoms with Crippen molar-refractivity contribution in [3.05, 3.63) is 29.3 Å². The summed E-state index contributed by atoms with van der Waals surface area (Å²) in [6, 6.07) is 4.87. The van der Waals surface area contributed by atoms with E-state index in [9.17, 15) is 8.78 Å². The molecule has 1 aromatic carbocycles. The van der Waals surface area contributed by atoms with Gasteiger partial charge in [0.05, 0.1) is 12.7 Å². The number of benzene rings is 1. The van der Waals surface area contributed by atoms with Gasteiger partial charge < -0.3 is 10.5 Å². The molecule has 0 aromatic heterocycles. The van der Waals surface area contributed by atoms with Crippen LogP contribution >= 0.6 is 0 Å². The monoisotopic (exact) mass is 229 g/mol. The lowest BCUT2D eigenvalue weighted by atomic mass is 10.0. The number of alkyl halides is 2. The molecule has 0 amide bonds. The number of halogens is 2. The summed E-state index contributed by atoms with van der Waals surface area (Å²) in [6.45, 7) is 1.43. The maximum Gasteiger partial charge on any atom is 0.274 e. The first-order chi connectivity index (χ1) is 7.49. The molecule has 0 bridgehead atoms. The van der Waals surface area contributed by atoms with Crippen molar-refractivity contribution >= 4 is 0 Å². The highest BCUT2D eigenvalue weighted by Crippen LogP contribution is 2.35. The maximum atomic E-state index is 13.3. The number of hydrogen-bond acceptors (Lipinski definition) is 2. The Kier molecular flexibility index (Phi) is 4.24. The molecule has 0 saturated heterocycles. The Morgan fingerprint density at radius 2 is 2.06 bits per heavy atom. The number of rotatable bonds is 5. The van der Waals surface area contributed by atoms with Crippen LogP contribution in [0.5, 0.6) is 5.75 Å². The third kappa shape index (κ3) is 3.17. The van der Waals surface area contributed by atoms with Gasteiger partial charge in [0.15, 0.2) is 0 Å². The fraction of sp³-hybridized carbons (Fsp3) is 0.500. The third-order valence-electron chi connectivity index (χ3n) is 2.41. The van der Waals surface area contributed by atoms with Crippen LogP contribution in [0.25, 0.3) is 0 Å². The molecule has 1 aromatic rings. The average molecular weight is 229 g/mol. The minimum atomic E-state index is -2.88. The van der Waals surface area contributed by atoms with Crippen LogP contribution in [0.3, 0.4) is 0 Å². The highest BCUT2D eigenvalue weighted by Gasteiger charge is 2.28. The largest absolute Gasteiger partial charge is 0.496 e. The number of methoxy groups -OCH3 is 1. The van der Waals surface area contributed by atoms with E-state index in [0.29, 0.717) is 13.0 Å². The van der Waals surface area contributed by atoms with Crippen LogP contribution in [-0.4, -0.2) is 13.7 Å². The second-order valence-electron chi connectivity index (χ2n) is 3.82. The van der Waals surface area contributed by atoms with E-state index < -0.39 is 5.92 Å². The summed E-state index contributed by atoms with van der Waals surface area (Å²) in [7, 11) is 1.39. The van der Waals surface area contributed by atoms with Gasteiger partial charge >= 0.3 is 0 Å². The van der Waals surface area contributed by atoms with Crippen molar-refractivity contribution in [1.82, 2.24) is 0 Å². The molecule has 0 aliphatic heterocycles. The Bertz CT molecular complexity index is 347. The normalized spacial score (nSPS) is 11.6. The molecule has 2 N–H and O–H groups in total. The first-order valence-corrected chi connectivity index (χ1v) is 5.24. The number of nitrogens with two attached hydrogens (primary N) is 1. The molecule has 0 aliphatic rings. The van der Waals surface area contributed by atoms with Crippen LogP contribution in [-0.2, 0) is 12.3 Å². The summed E-state index contributed by atoms with van der Waals surface area (Å²) in [6.07, 6.45) is 1.50. The Hall–Kier alpha value is -1.16. The molecule has 90 valence electrons. The predicted octanol–water partition coefficient (Wildman–Crippen LogP) is 2.70. The quantitative estimate of drug-likeness (QED) is 0.842. The second kappa shape index (κ2) is 5.25. The predicted molar refractivity (Wildman–Crippen MR) is 59.9 cm³/mol. The van der Waals surface area contributed by atoms with Gasteiger partial charge in [0.25, 0.3) is 5.92 Å². The summed E-state index contributed by atoms with van der Waals surface area (Å²) in [5, 5.41) is 0. The lowest BCUT2D eigenvalue weighted by Gasteiger charge is -2.16. The Balaban J connectivity index is 3.02. The van der Waals surface area contributed by atoms with E-state index in [1.54, 1.807) is 12.1 Å². The zero-order valence-electron chi connectivity index (χ0n) is 9.59. The first kappa shape index (κ1) is 12.9. The lowest BCUT2D eigenvalue weighted by Crippen LogP contribution is -2.10. The van der Waals surface area contributed by atoms with Crippen molar-refractivity contribution < 1.29 is 13.5 Å². The van der Waals surface area contributed by atoms with Crippen LogP contribution < -0.4 is 10.5 Å². The van der Waals surface area contributed by atoms with Crippen LogP contribution in [0.4, 0.5) is 8.78 Å². The van der Waals surface area contributed by atoms with E-state index in [-0.39, 0.29) is 11.3 Å². The molecule has 0 heterocycles. The molecule has 0 atom stereocenters. The highest BCUT2D eigenvalue weighted by atomic mass is 19.3. The van der Waals surface area contributed by atoms with Crippen molar-refractivity contribution in [3.63, 3.8) is 0 Å². The van der Waals surface area contributed by atoms with Crippen molar-refractivity contribution in [2.24, 2.45) is 5.73 Å². The molecule has 16 heavy (non-hydrogen) atoms. The molecular formula is C12H17F2NO. The van der Waals surface area contributed by atoms with Crippen molar-refractivity contribution in [1.29, 1.82) is 0 Å². The van der Waals surface area contributed by atoms with Crippen LogP contribution in [0, 0.1) is 0 Å². The lowest BCUT2D eigenvalue weighted by molar-refractivity contribution is 0.0150. The molecule has 4 heteroatoms. The van der Waals surface area contributed by atoms with E-state index in [1.807, 2.05) is 0 Å². The SMILES string of the molecule is COc1ccc(CCCN)cc1C(C)(F)F. The average Bonchev–Trinajstić information content (AvgIpc) is 2.24. The molecule has 0 spiro atoms. The fourth-order valence-electron chi connectivity index (χ4n) is 1.56. The van der Waals surface area contributed by atoms with E-state index in [1.165, 1.54) is 13.2 Å². The highest BCUT2D eigenvalue weighted by molar-refractivity contribution is 5.40. The molecule has 1 rings (SSSR count). The maximum absolute atomic E-state index is 13.3. The van der Waals surface area contributed by atoms with E-state index in [2.05, 4.69) is 0 Å². The van der Waals surface area contributed by atoms with Gasteiger partial charge in [-0.15, -0.1) is 0 Å². The molecule has 0 saturated carbocycles. The summed E-state index contributed by atoms with van der Waals surface area (Å²) in [5.41, 5.74) is 6.18. The van der Waals surface area contributed by atoms with Gasteiger partial charge in [0, 0.05) is 6.92 Å². The molecule has 0 radical (unpaired) electrons. The zero-order chi connectivity index (χ0) is 12.2. The first-order valence-electron chi connectivity index (χ1n) is 5.24. The van der Waals surface area contributed by atoms with Crippen LogP contribution in [0.15, 0.2) is 18.2 Å². The number of aryl methyl sites for hydroxylation is 1. The van der Waals surface area contributed by atoms with Gasteiger partial charge in [-0.25, -0.2) is 8.78 Å². The van der Waals surface area contributed by atoms with Gasteiger partial charge in [-0.05, 0) is 37.1 Å². The fourth-order valence-corrected chi connectivity index (χ4v) is 1.56. The Labute approximate surface area is 94.4 Å². The topological polar surface area (TPSA) is 35.2 Å². The Morgan fingerprint density at radius 1 is 1.38 bits per heavy atom. The Morgan fingerprint density at radius 3 is 2.56 bits per heavy atom. The van der Waals surface area contributed by atoms with E-state index in [4.69, 9.17) is 10.5 Å². The standard InChI is InChI=1S/C12H17F2NO/c1-12(13,14)10-8-9(4-3-7-15)5-6-11(10)16-2/h5-6,8H,3-4,7,15H2,1-2H3. The minimum Gasteiger partial charge on any atom is -0.496 e. The van der Waals surface area contributed by atoms with E-state index in [0.717, 1.165) is 18.9 Å². The zero-order valence-corrected chi connectivity index (χ0v) is 9.59. The van der Waals surface area contributed by atoms with Gasteiger partial charge in [0.1, 0.15) is 5.75 Å². The molecular weight excluding hydrogens is 212 g/mol. The smallest absolute Gasteiger partial charge is 0.274 e. The van der Waals surface area contributed by atoms with Gasteiger partial charge in [-0.2, -0.15) is 0 Å². The summed E-state index contributed by atoms with van der Waals surface area (Å²) in [4.78, 5) is 0. The second-order valence-corrected chi connectivity index (χ2v) is 3.82. The molecule has 0 aliphatic carbocycles. The summed E-state index contributed by atoms with van der Waals surface area (Å²) < 4.78 is 31.5. The minimum absolute atomic E-state index is 0.0653. The van der Waals surface area contributed by atoms with Crippen LogP contribution in [0.2, 0.25) is 0 Å². The third-order valence-corrected chi connectivity index (χ3v) is 2.41. The van der Waals surface area contributed by atoms with Gasteiger partial charge in [-0.3, -0.25) is 0 Å². The van der Waals surface area contributed by atoms with E-state index >= 15 is 0 Å². The number of hydrogen-bond donors (Lipinski definition) is 1. The van der Waals surface area contributed by atoms with Crippen LogP contribution in [0.1, 0.15) is 24.5 Å². The van der Waals surface area contributed by atoms with Crippen molar-refractivity contribution in [2.45, 2.75) is 25.7 Å². The molecule has 0 fully saturated rings.